The molecule has 0 aliphatic heterocycles. The van der Waals surface area contributed by atoms with Crippen molar-refractivity contribution in [3.05, 3.63) is 21.1 Å². The molecule has 0 saturated heterocycles. The van der Waals surface area contributed by atoms with Gasteiger partial charge in [-0.2, -0.15) is 0 Å². The number of carbonyl (C=O) groups is 1. The lowest BCUT2D eigenvalue weighted by Gasteiger charge is -2.10. The van der Waals surface area contributed by atoms with Crippen molar-refractivity contribution >= 4 is 37.8 Å². The van der Waals surface area contributed by atoms with Crippen LogP contribution >= 0.6 is 31.9 Å². The van der Waals surface area contributed by atoms with Gasteiger partial charge in [-0.1, -0.05) is 0 Å². The second kappa shape index (κ2) is 6.07. The number of hydrogen-bond donors (Lipinski definition) is 2. The van der Waals surface area contributed by atoms with Gasteiger partial charge in [0.05, 0.1) is 16.1 Å². The van der Waals surface area contributed by atoms with E-state index in [-0.39, 0.29) is 6.61 Å². The number of ether oxygens (including phenoxy) is 2. The standard InChI is InChI=1S/C9H10Br2N2O3/c1-15-7-2-6(11)8(3-5(7)10)16-4-9(14)13-12/h2-3H,4,12H2,1H3,(H,13,14). The molecule has 7 heteroatoms. The zero-order valence-corrected chi connectivity index (χ0v) is 11.6. The van der Waals surface area contributed by atoms with Gasteiger partial charge in [0.2, 0.25) is 0 Å². The number of methoxy groups -OCH3 is 1. The van der Waals surface area contributed by atoms with Gasteiger partial charge in [-0.3, -0.25) is 10.2 Å². The molecular formula is C9H10Br2N2O3. The molecule has 5 nitrogen and oxygen atoms in total. The van der Waals surface area contributed by atoms with E-state index in [4.69, 9.17) is 15.3 Å². The van der Waals surface area contributed by atoms with Crippen molar-refractivity contribution in [1.29, 1.82) is 0 Å². The minimum absolute atomic E-state index is 0.145. The third-order valence-corrected chi connectivity index (χ3v) is 2.97. The van der Waals surface area contributed by atoms with Crippen molar-refractivity contribution in [3.63, 3.8) is 0 Å². The fourth-order valence-electron chi connectivity index (χ4n) is 0.962. The lowest BCUT2D eigenvalue weighted by atomic mass is 10.3. The number of carbonyl (C=O) groups excluding carboxylic acids is 1. The van der Waals surface area contributed by atoms with Gasteiger partial charge in [-0.05, 0) is 44.0 Å². The van der Waals surface area contributed by atoms with Crippen LogP contribution in [0.25, 0.3) is 0 Å². The normalized spacial score (nSPS) is 9.75. The van der Waals surface area contributed by atoms with Gasteiger partial charge >= 0.3 is 0 Å². The highest BCUT2D eigenvalue weighted by molar-refractivity contribution is 9.11. The number of hydrogen-bond acceptors (Lipinski definition) is 4. The SMILES string of the molecule is COc1cc(Br)c(OCC(=O)NN)cc1Br. The summed E-state index contributed by atoms with van der Waals surface area (Å²) in [7, 11) is 1.56. The zero-order chi connectivity index (χ0) is 12.1. The fraction of sp³-hybridized carbons (Fsp3) is 0.222. The van der Waals surface area contributed by atoms with Gasteiger partial charge < -0.3 is 9.47 Å². The quantitative estimate of drug-likeness (QED) is 0.489. The number of rotatable bonds is 4. The number of benzene rings is 1. The zero-order valence-electron chi connectivity index (χ0n) is 8.42. The summed E-state index contributed by atoms with van der Waals surface area (Å²) in [4.78, 5) is 10.9. The minimum Gasteiger partial charge on any atom is -0.496 e. The lowest BCUT2D eigenvalue weighted by Crippen LogP contribution is -2.34. The van der Waals surface area contributed by atoms with E-state index in [2.05, 4.69) is 31.9 Å². The first kappa shape index (κ1) is 13.3. The first-order valence-electron chi connectivity index (χ1n) is 4.23. The molecule has 0 saturated carbocycles. The van der Waals surface area contributed by atoms with Crippen molar-refractivity contribution in [3.8, 4) is 11.5 Å². The highest BCUT2D eigenvalue weighted by Crippen LogP contribution is 2.35. The van der Waals surface area contributed by atoms with Gasteiger partial charge in [0.15, 0.2) is 6.61 Å². The van der Waals surface area contributed by atoms with Gasteiger partial charge in [-0.15, -0.1) is 0 Å². The van der Waals surface area contributed by atoms with E-state index >= 15 is 0 Å². The molecule has 3 N–H and O–H groups in total. The summed E-state index contributed by atoms with van der Waals surface area (Å²) in [5, 5.41) is 0. The number of nitrogens with one attached hydrogen (secondary N) is 1. The molecule has 88 valence electrons. The lowest BCUT2D eigenvalue weighted by molar-refractivity contribution is -0.123. The molecule has 1 amide bonds. The monoisotopic (exact) mass is 352 g/mol. The largest absolute Gasteiger partial charge is 0.496 e. The number of amides is 1. The van der Waals surface area contributed by atoms with Crippen molar-refractivity contribution in [2.75, 3.05) is 13.7 Å². The van der Waals surface area contributed by atoms with E-state index in [0.29, 0.717) is 16.0 Å². The van der Waals surface area contributed by atoms with Gasteiger partial charge in [-0.25, -0.2) is 5.84 Å². The molecule has 1 rings (SSSR count). The van der Waals surface area contributed by atoms with Crippen molar-refractivity contribution in [2.45, 2.75) is 0 Å². The van der Waals surface area contributed by atoms with Crippen LogP contribution in [-0.2, 0) is 4.79 Å². The van der Waals surface area contributed by atoms with Gasteiger partial charge in [0, 0.05) is 0 Å². The van der Waals surface area contributed by atoms with Crippen molar-refractivity contribution in [1.82, 2.24) is 5.43 Å². The van der Waals surface area contributed by atoms with Crippen LogP contribution in [-0.4, -0.2) is 19.6 Å². The predicted molar refractivity (Wildman–Crippen MR) is 66.2 cm³/mol. The molecule has 0 unspecified atom stereocenters. The third kappa shape index (κ3) is 3.36. The topological polar surface area (TPSA) is 73.6 Å². The van der Waals surface area contributed by atoms with Crippen molar-refractivity contribution < 1.29 is 14.3 Å². The molecular weight excluding hydrogens is 344 g/mol. The first-order valence-corrected chi connectivity index (χ1v) is 5.82. The van der Waals surface area contributed by atoms with Crippen LogP contribution in [0, 0.1) is 0 Å². The summed E-state index contributed by atoms with van der Waals surface area (Å²) < 4.78 is 11.8. The van der Waals surface area contributed by atoms with Crippen LogP contribution in [0.4, 0.5) is 0 Å². The third-order valence-electron chi connectivity index (χ3n) is 1.73. The Labute approximate surface area is 110 Å². The Bertz CT molecular complexity index is 399. The molecule has 1 aromatic rings. The molecule has 0 bridgehead atoms. The molecule has 0 aromatic heterocycles. The summed E-state index contributed by atoms with van der Waals surface area (Å²) in [6, 6.07) is 3.44. The summed E-state index contributed by atoms with van der Waals surface area (Å²) >= 11 is 6.62. The highest BCUT2D eigenvalue weighted by Gasteiger charge is 2.09. The van der Waals surface area contributed by atoms with Crippen LogP contribution in [0.2, 0.25) is 0 Å². The van der Waals surface area contributed by atoms with Crippen LogP contribution < -0.4 is 20.7 Å². The Morgan fingerprint density at radius 1 is 1.38 bits per heavy atom. The maximum Gasteiger partial charge on any atom is 0.271 e. The molecule has 1 aromatic carbocycles. The minimum atomic E-state index is -0.404. The molecule has 0 heterocycles. The summed E-state index contributed by atoms with van der Waals surface area (Å²) in [6.07, 6.45) is 0. The second-order valence-corrected chi connectivity index (χ2v) is 4.48. The van der Waals surface area contributed by atoms with E-state index in [1.807, 2.05) is 5.43 Å². The fourth-order valence-corrected chi connectivity index (χ4v) is 1.88. The Kier molecular flexibility index (Phi) is 5.04. The molecule has 0 atom stereocenters. The van der Waals surface area contributed by atoms with Crippen LogP contribution in [0.15, 0.2) is 21.1 Å². The van der Waals surface area contributed by atoms with Crippen LogP contribution in [0.5, 0.6) is 11.5 Å². The number of hydrazine groups is 1. The number of nitrogens with two attached hydrogens (primary N) is 1. The van der Waals surface area contributed by atoms with Crippen LogP contribution in [0.3, 0.4) is 0 Å². The average molecular weight is 354 g/mol. The van der Waals surface area contributed by atoms with Gasteiger partial charge in [0.1, 0.15) is 11.5 Å². The molecule has 0 aliphatic carbocycles. The molecule has 16 heavy (non-hydrogen) atoms. The van der Waals surface area contributed by atoms with E-state index in [1.165, 1.54) is 0 Å². The first-order chi connectivity index (χ1) is 7.58. The van der Waals surface area contributed by atoms with E-state index in [9.17, 15) is 4.79 Å². The van der Waals surface area contributed by atoms with Crippen LogP contribution in [0.1, 0.15) is 0 Å². The summed E-state index contributed by atoms with van der Waals surface area (Å²) in [5.74, 6) is 5.72. The van der Waals surface area contributed by atoms with E-state index in [1.54, 1.807) is 19.2 Å². The Balaban J connectivity index is 2.81. The molecule has 0 fully saturated rings. The predicted octanol–water partition coefficient (Wildman–Crippen LogP) is 1.59. The van der Waals surface area contributed by atoms with E-state index < -0.39 is 5.91 Å². The average Bonchev–Trinajstić information content (AvgIpc) is 2.29. The van der Waals surface area contributed by atoms with Crippen molar-refractivity contribution in [2.24, 2.45) is 5.84 Å². The maximum atomic E-state index is 10.9. The molecule has 0 aliphatic rings. The Hall–Kier alpha value is -0.790. The van der Waals surface area contributed by atoms with E-state index in [0.717, 1.165) is 4.47 Å². The Morgan fingerprint density at radius 3 is 2.50 bits per heavy atom. The highest BCUT2D eigenvalue weighted by atomic mass is 79.9. The summed E-state index contributed by atoms with van der Waals surface area (Å²) in [6.45, 7) is -0.145. The maximum absolute atomic E-state index is 10.9. The number of halogens is 2. The molecule has 0 spiro atoms. The Morgan fingerprint density at radius 2 is 1.94 bits per heavy atom. The molecule has 0 radical (unpaired) electrons. The summed E-state index contributed by atoms with van der Waals surface area (Å²) in [5.41, 5.74) is 1.98. The second-order valence-electron chi connectivity index (χ2n) is 2.77. The van der Waals surface area contributed by atoms with Gasteiger partial charge in [0.25, 0.3) is 5.91 Å². The smallest absolute Gasteiger partial charge is 0.271 e.